The summed E-state index contributed by atoms with van der Waals surface area (Å²) < 4.78 is 44.3. The van der Waals surface area contributed by atoms with Crippen molar-refractivity contribution in [3.8, 4) is 11.1 Å². The van der Waals surface area contributed by atoms with Crippen molar-refractivity contribution in [2.75, 3.05) is 43.4 Å². The molecule has 41 heavy (non-hydrogen) atoms. The minimum atomic E-state index is -0.859. The number of carbonyl (C=O) groups is 1. The highest BCUT2D eigenvalue weighted by Crippen LogP contribution is 2.46. The number of carbonyl (C=O) groups excluding carboxylic acids is 1. The lowest BCUT2D eigenvalue weighted by Crippen LogP contribution is -2.59. The van der Waals surface area contributed by atoms with E-state index in [1.54, 1.807) is 9.47 Å². The second-order valence-corrected chi connectivity index (χ2v) is 12.4. The van der Waals surface area contributed by atoms with Crippen LogP contribution in [0.3, 0.4) is 0 Å². The Morgan fingerprint density at radius 3 is 2.49 bits per heavy atom. The van der Waals surface area contributed by atoms with Crippen LogP contribution in [0.4, 0.5) is 19.0 Å². The van der Waals surface area contributed by atoms with Gasteiger partial charge in [0.05, 0.1) is 11.6 Å². The molecule has 0 N–H and O–H groups in total. The van der Waals surface area contributed by atoms with E-state index in [1.807, 2.05) is 36.6 Å². The number of hydrogen-bond donors (Lipinski definition) is 0. The van der Waals surface area contributed by atoms with Crippen molar-refractivity contribution in [1.29, 1.82) is 0 Å². The van der Waals surface area contributed by atoms with Crippen LogP contribution in [0.25, 0.3) is 22.0 Å². The number of rotatable bonds is 5. The van der Waals surface area contributed by atoms with Crippen LogP contribution in [-0.2, 0) is 4.79 Å². The number of thioether (sulfide) groups is 1. The van der Waals surface area contributed by atoms with Gasteiger partial charge in [0.1, 0.15) is 23.6 Å². The van der Waals surface area contributed by atoms with E-state index in [1.165, 1.54) is 30.0 Å². The summed E-state index contributed by atoms with van der Waals surface area (Å²) in [5, 5.41) is 0.760. The molecule has 3 aromatic rings. The first kappa shape index (κ1) is 27.8. The number of benzene rings is 2. The number of halogens is 3. The van der Waals surface area contributed by atoms with Gasteiger partial charge in [-0.05, 0) is 50.6 Å². The molecule has 0 radical (unpaired) electrons. The molecule has 3 aliphatic rings. The average Bonchev–Trinajstić information content (AvgIpc) is 2.90. The number of anilines is 1. The number of hydrogen-bond acceptors (Lipinski definition) is 6. The van der Waals surface area contributed by atoms with Crippen molar-refractivity contribution >= 4 is 34.4 Å². The Bertz CT molecular complexity index is 1610. The third-order valence-corrected chi connectivity index (χ3v) is 9.59. The topological polar surface area (TPSA) is 61.7 Å². The molecule has 0 aliphatic carbocycles. The highest BCUT2D eigenvalue weighted by molar-refractivity contribution is 7.99. The van der Waals surface area contributed by atoms with Crippen LogP contribution in [0.1, 0.15) is 25.5 Å². The first-order valence-corrected chi connectivity index (χ1v) is 14.8. The number of amides is 1. The lowest BCUT2D eigenvalue weighted by atomic mass is 9.96. The number of alkyl halides is 1. The maximum atomic E-state index is 15.1. The number of aromatic nitrogens is 2. The maximum Gasteiger partial charge on any atom is 0.350 e. The van der Waals surface area contributed by atoms with Gasteiger partial charge >= 0.3 is 5.69 Å². The molecule has 1 aromatic heterocycles. The minimum absolute atomic E-state index is 0.142. The van der Waals surface area contributed by atoms with Crippen molar-refractivity contribution in [2.45, 2.75) is 50.0 Å². The third-order valence-electron chi connectivity index (χ3n) is 8.36. The molecule has 2 aromatic carbocycles. The van der Waals surface area contributed by atoms with Crippen LogP contribution in [0.2, 0.25) is 0 Å². The lowest BCUT2D eigenvalue weighted by Gasteiger charge is -2.45. The van der Waals surface area contributed by atoms with Crippen LogP contribution in [0.15, 0.2) is 46.6 Å². The van der Waals surface area contributed by atoms with E-state index in [2.05, 4.69) is 11.6 Å². The van der Waals surface area contributed by atoms with Gasteiger partial charge in [0.25, 0.3) is 0 Å². The predicted octanol–water partition coefficient (Wildman–Crippen LogP) is 4.56. The first-order chi connectivity index (χ1) is 19.6. The molecule has 6 rings (SSSR count). The van der Waals surface area contributed by atoms with Gasteiger partial charge in [-0.2, -0.15) is 4.98 Å². The summed E-state index contributed by atoms with van der Waals surface area (Å²) >= 11 is 1.54. The zero-order valence-corrected chi connectivity index (χ0v) is 24.1. The smallest absolute Gasteiger partial charge is 0.350 e. The lowest BCUT2D eigenvalue weighted by molar-refractivity contribution is -0.130. The SMILES string of the molecule is C=CC(=O)N1[C@H](C)CN(c2nc(=O)n3c4c(c(-c5ccc(F)cc5F)c(C)cc24)SCC3CN2CC(F)C2)C[C@@H]1C. The molecule has 2 fully saturated rings. The predicted molar refractivity (Wildman–Crippen MR) is 155 cm³/mol. The average molecular weight is 584 g/mol. The van der Waals surface area contributed by atoms with Gasteiger partial charge < -0.3 is 9.80 Å². The van der Waals surface area contributed by atoms with E-state index in [0.29, 0.717) is 55.4 Å². The summed E-state index contributed by atoms with van der Waals surface area (Å²) in [4.78, 5) is 37.5. The van der Waals surface area contributed by atoms with Crippen LogP contribution >= 0.6 is 11.8 Å². The molecule has 7 nitrogen and oxygen atoms in total. The van der Waals surface area contributed by atoms with Gasteiger partial charge in [-0.25, -0.2) is 18.0 Å². The summed E-state index contributed by atoms with van der Waals surface area (Å²) in [6.45, 7) is 11.5. The Hall–Kier alpha value is -3.31. The fraction of sp³-hybridized carbons (Fsp3) is 0.433. The Morgan fingerprint density at radius 2 is 1.85 bits per heavy atom. The van der Waals surface area contributed by atoms with Crippen molar-refractivity contribution in [2.24, 2.45) is 0 Å². The molecular weight excluding hydrogens is 551 g/mol. The summed E-state index contributed by atoms with van der Waals surface area (Å²) in [6, 6.07) is 4.93. The molecular formula is C30H32F3N5O2S. The normalized spacial score (nSPS) is 23.1. The monoisotopic (exact) mass is 583 g/mol. The summed E-state index contributed by atoms with van der Waals surface area (Å²) in [5.41, 5.74) is 1.91. The van der Waals surface area contributed by atoms with E-state index in [9.17, 15) is 18.4 Å². The van der Waals surface area contributed by atoms with Crippen molar-refractivity contribution in [3.63, 3.8) is 0 Å². The third kappa shape index (κ3) is 4.72. The van der Waals surface area contributed by atoms with Gasteiger partial charge in [-0.3, -0.25) is 14.3 Å². The van der Waals surface area contributed by atoms with E-state index < -0.39 is 23.5 Å². The highest BCUT2D eigenvalue weighted by atomic mass is 32.2. The van der Waals surface area contributed by atoms with Crippen LogP contribution < -0.4 is 10.6 Å². The molecule has 2 saturated heterocycles. The summed E-state index contributed by atoms with van der Waals surface area (Å²) in [6.07, 6.45) is 0.456. The van der Waals surface area contributed by atoms with Gasteiger partial charge in [-0.1, -0.05) is 6.58 Å². The maximum absolute atomic E-state index is 15.1. The minimum Gasteiger partial charge on any atom is -0.352 e. The van der Waals surface area contributed by atoms with Gasteiger partial charge in [0.2, 0.25) is 5.91 Å². The zero-order chi connectivity index (χ0) is 29.2. The number of aryl methyl sites for hydroxylation is 1. The Kier molecular flexibility index (Phi) is 7.14. The summed E-state index contributed by atoms with van der Waals surface area (Å²) in [5.74, 6) is -0.416. The highest BCUT2D eigenvalue weighted by Gasteiger charge is 2.37. The van der Waals surface area contributed by atoms with Crippen LogP contribution in [-0.4, -0.2) is 82.0 Å². The molecule has 4 heterocycles. The van der Waals surface area contributed by atoms with Crippen LogP contribution in [0.5, 0.6) is 0 Å². The molecule has 216 valence electrons. The molecule has 1 unspecified atom stereocenters. The van der Waals surface area contributed by atoms with Gasteiger partial charge in [0.15, 0.2) is 0 Å². The van der Waals surface area contributed by atoms with Crippen molar-refractivity contribution in [1.82, 2.24) is 19.4 Å². The fourth-order valence-corrected chi connectivity index (χ4v) is 7.99. The molecule has 1 amide bonds. The molecule has 3 atom stereocenters. The van der Waals surface area contributed by atoms with E-state index in [0.717, 1.165) is 21.9 Å². The largest absolute Gasteiger partial charge is 0.352 e. The summed E-state index contributed by atoms with van der Waals surface area (Å²) in [7, 11) is 0. The standard InChI is InChI=1S/C30H32F3N5O2S/c1-5-25(39)37-17(3)10-36(11-18(37)4)29-23-8-16(2)26(22-7-6-19(31)9-24(22)33)28-27(23)38(30(40)34-29)21(15-41-28)14-35-12-20(32)13-35/h5-9,17-18,20-21H,1,10-15H2,2-4H3/t17-,18+,21?. The Balaban J connectivity index is 1.54. The van der Waals surface area contributed by atoms with Crippen LogP contribution in [0, 0.1) is 18.6 Å². The zero-order valence-electron chi connectivity index (χ0n) is 23.2. The van der Waals surface area contributed by atoms with Gasteiger partial charge in [0, 0.05) is 78.0 Å². The van der Waals surface area contributed by atoms with E-state index in [4.69, 9.17) is 0 Å². The van der Waals surface area contributed by atoms with Crippen molar-refractivity contribution < 1.29 is 18.0 Å². The van der Waals surface area contributed by atoms with E-state index >= 15 is 4.39 Å². The molecule has 0 saturated carbocycles. The Morgan fingerprint density at radius 1 is 1.15 bits per heavy atom. The number of likely N-dealkylation sites (tertiary alicyclic amines) is 1. The van der Waals surface area contributed by atoms with Gasteiger partial charge in [-0.15, -0.1) is 11.8 Å². The Labute approximate surface area is 240 Å². The molecule has 3 aliphatic heterocycles. The second-order valence-electron chi connectivity index (χ2n) is 11.3. The quantitative estimate of drug-likeness (QED) is 0.411. The van der Waals surface area contributed by atoms with Crippen molar-refractivity contribution in [3.05, 3.63) is 64.6 Å². The number of nitrogens with zero attached hydrogens (tertiary/aromatic N) is 5. The first-order valence-electron chi connectivity index (χ1n) is 13.8. The molecule has 0 spiro atoms. The van der Waals surface area contributed by atoms with E-state index in [-0.39, 0.29) is 29.6 Å². The second kappa shape index (κ2) is 10.5. The molecule has 0 bridgehead atoms. The number of piperazine rings is 1. The molecule has 11 heteroatoms. The fourth-order valence-electron chi connectivity index (χ4n) is 6.61.